The third-order valence-electron chi connectivity index (χ3n) is 2.53. The molecule has 0 aromatic heterocycles. The quantitative estimate of drug-likeness (QED) is 0.716. The van der Waals surface area contributed by atoms with Crippen LogP contribution in [0.2, 0.25) is 0 Å². The monoisotopic (exact) mass is 275 g/mol. The molecular weight excluding hydrogens is 256 g/mol. The number of benzene rings is 1. The third kappa shape index (κ3) is 5.80. The molecule has 0 spiro atoms. The first kappa shape index (κ1) is 15.4. The molecule has 1 rings (SSSR count). The van der Waals surface area contributed by atoms with Crippen LogP contribution in [-0.4, -0.2) is 29.8 Å². The fraction of sp³-hybridized carbons (Fsp3) is 0.538. The Hall–Kier alpha value is -0.650. The standard InChI is InChI=1S/C13H19F2NOS/c1-10(16-3-6-18-5-2-4-17)11-7-12(14)9-13(15)8-11/h7-10,16-17H,2-6H2,1H3. The molecule has 18 heavy (non-hydrogen) atoms. The summed E-state index contributed by atoms with van der Waals surface area (Å²) >= 11 is 1.75. The number of rotatable bonds is 8. The number of hydrogen-bond donors (Lipinski definition) is 2. The molecule has 1 atom stereocenters. The number of aliphatic hydroxyl groups is 1. The predicted octanol–water partition coefficient (Wildman–Crippen LogP) is 2.73. The first-order valence-electron chi connectivity index (χ1n) is 6.01. The maximum absolute atomic E-state index is 13.0. The topological polar surface area (TPSA) is 32.3 Å². The van der Waals surface area contributed by atoms with E-state index in [4.69, 9.17) is 5.11 Å². The number of hydrogen-bond acceptors (Lipinski definition) is 3. The van der Waals surface area contributed by atoms with Crippen molar-refractivity contribution in [2.24, 2.45) is 0 Å². The lowest BCUT2D eigenvalue weighted by Gasteiger charge is -2.14. The highest BCUT2D eigenvalue weighted by molar-refractivity contribution is 7.99. The second kappa shape index (κ2) is 8.45. The van der Waals surface area contributed by atoms with Crippen LogP contribution in [0.1, 0.15) is 24.9 Å². The number of thioether (sulfide) groups is 1. The summed E-state index contributed by atoms with van der Waals surface area (Å²) in [4.78, 5) is 0. The van der Waals surface area contributed by atoms with Gasteiger partial charge in [-0.05, 0) is 36.8 Å². The van der Waals surface area contributed by atoms with Gasteiger partial charge in [0.25, 0.3) is 0 Å². The second-order valence-electron chi connectivity index (χ2n) is 4.07. The van der Waals surface area contributed by atoms with E-state index in [2.05, 4.69) is 5.32 Å². The fourth-order valence-electron chi connectivity index (χ4n) is 1.56. The van der Waals surface area contributed by atoms with Gasteiger partial charge in [0, 0.05) is 31.0 Å². The summed E-state index contributed by atoms with van der Waals surface area (Å²) in [6, 6.07) is 3.49. The summed E-state index contributed by atoms with van der Waals surface area (Å²) in [7, 11) is 0. The fourth-order valence-corrected chi connectivity index (χ4v) is 2.36. The lowest BCUT2D eigenvalue weighted by molar-refractivity contribution is 0.296. The van der Waals surface area contributed by atoms with E-state index in [0.29, 0.717) is 5.56 Å². The van der Waals surface area contributed by atoms with Crippen molar-refractivity contribution in [3.8, 4) is 0 Å². The van der Waals surface area contributed by atoms with Gasteiger partial charge < -0.3 is 10.4 Å². The Kier molecular flexibility index (Phi) is 7.23. The number of aliphatic hydroxyl groups excluding tert-OH is 1. The predicted molar refractivity (Wildman–Crippen MR) is 71.8 cm³/mol. The van der Waals surface area contributed by atoms with E-state index in [-0.39, 0.29) is 12.6 Å². The van der Waals surface area contributed by atoms with E-state index in [1.54, 1.807) is 11.8 Å². The highest BCUT2D eigenvalue weighted by Crippen LogP contribution is 2.15. The summed E-state index contributed by atoms with van der Waals surface area (Å²) in [6.07, 6.45) is 0.801. The third-order valence-corrected chi connectivity index (χ3v) is 3.60. The maximum Gasteiger partial charge on any atom is 0.126 e. The first-order valence-corrected chi connectivity index (χ1v) is 7.17. The van der Waals surface area contributed by atoms with E-state index >= 15 is 0 Å². The molecule has 0 bridgehead atoms. The van der Waals surface area contributed by atoms with Gasteiger partial charge in [-0.25, -0.2) is 8.78 Å². The molecule has 0 saturated heterocycles. The zero-order valence-corrected chi connectivity index (χ0v) is 11.3. The van der Waals surface area contributed by atoms with Crippen LogP contribution in [0, 0.1) is 11.6 Å². The molecule has 1 aromatic rings. The molecule has 0 aliphatic carbocycles. The van der Waals surface area contributed by atoms with E-state index in [9.17, 15) is 8.78 Å². The van der Waals surface area contributed by atoms with Gasteiger partial charge in [0.05, 0.1) is 0 Å². The van der Waals surface area contributed by atoms with Crippen LogP contribution in [0.15, 0.2) is 18.2 Å². The first-order chi connectivity index (χ1) is 8.63. The SMILES string of the molecule is CC(NCCSCCCO)c1cc(F)cc(F)c1. The molecule has 1 aromatic carbocycles. The molecular formula is C13H19F2NOS. The van der Waals surface area contributed by atoms with Gasteiger partial charge in [0.15, 0.2) is 0 Å². The van der Waals surface area contributed by atoms with Crippen LogP contribution in [0.5, 0.6) is 0 Å². The highest BCUT2D eigenvalue weighted by atomic mass is 32.2. The minimum absolute atomic E-state index is 0.0753. The average Bonchev–Trinajstić information content (AvgIpc) is 2.32. The van der Waals surface area contributed by atoms with Gasteiger partial charge in [-0.2, -0.15) is 11.8 Å². The Morgan fingerprint density at radius 3 is 2.50 bits per heavy atom. The molecule has 0 radical (unpaired) electrons. The van der Waals surface area contributed by atoms with Crippen LogP contribution in [0.3, 0.4) is 0 Å². The van der Waals surface area contributed by atoms with Gasteiger partial charge in [0.2, 0.25) is 0 Å². The molecule has 2 nitrogen and oxygen atoms in total. The maximum atomic E-state index is 13.0. The van der Waals surface area contributed by atoms with Gasteiger partial charge in [-0.15, -0.1) is 0 Å². The van der Waals surface area contributed by atoms with Crippen LogP contribution >= 0.6 is 11.8 Å². The molecule has 0 heterocycles. The van der Waals surface area contributed by atoms with Crippen molar-refractivity contribution in [2.75, 3.05) is 24.7 Å². The number of nitrogens with one attached hydrogen (secondary N) is 1. The highest BCUT2D eigenvalue weighted by Gasteiger charge is 2.07. The van der Waals surface area contributed by atoms with Gasteiger partial charge in [-0.3, -0.25) is 0 Å². The molecule has 0 amide bonds. The largest absolute Gasteiger partial charge is 0.396 e. The Balaban J connectivity index is 2.29. The molecule has 0 aliphatic rings. The minimum atomic E-state index is -0.545. The molecule has 1 unspecified atom stereocenters. The van der Waals surface area contributed by atoms with Crippen LogP contribution in [-0.2, 0) is 0 Å². The summed E-state index contributed by atoms with van der Waals surface area (Å²) in [6.45, 7) is 2.88. The Labute approximate surface area is 111 Å². The average molecular weight is 275 g/mol. The Morgan fingerprint density at radius 2 is 1.89 bits per heavy atom. The minimum Gasteiger partial charge on any atom is -0.396 e. The molecule has 5 heteroatoms. The van der Waals surface area contributed by atoms with Crippen LogP contribution in [0.4, 0.5) is 8.78 Å². The van der Waals surface area contributed by atoms with Crippen molar-refractivity contribution in [3.63, 3.8) is 0 Å². The van der Waals surface area contributed by atoms with Crippen molar-refractivity contribution in [1.29, 1.82) is 0 Å². The van der Waals surface area contributed by atoms with E-state index in [1.807, 2.05) is 6.92 Å². The van der Waals surface area contributed by atoms with Crippen molar-refractivity contribution in [1.82, 2.24) is 5.32 Å². The summed E-state index contributed by atoms with van der Waals surface area (Å²) in [5.41, 5.74) is 0.618. The lowest BCUT2D eigenvalue weighted by atomic mass is 10.1. The van der Waals surface area contributed by atoms with Gasteiger partial charge >= 0.3 is 0 Å². The molecule has 0 fully saturated rings. The van der Waals surface area contributed by atoms with Crippen LogP contribution < -0.4 is 5.32 Å². The Bertz CT molecular complexity index is 343. The van der Waals surface area contributed by atoms with Crippen LogP contribution in [0.25, 0.3) is 0 Å². The van der Waals surface area contributed by atoms with E-state index in [0.717, 1.165) is 30.5 Å². The van der Waals surface area contributed by atoms with Gasteiger partial charge in [0.1, 0.15) is 11.6 Å². The summed E-state index contributed by atoms with van der Waals surface area (Å²) in [5, 5.41) is 11.8. The van der Waals surface area contributed by atoms with Crippen molar-refractivity contribution < 1.29 is 13.9 Å². The lowest BCUT2D eigenvalue weighted by Crippen LogP contribution is -2.21. The molecule has 0 saturated carbocycles. The van der Waals surface area contributed by atoms with Crippen molar-refractivity contribution in [2.45, 2.75) is 19.4 Å². The smallest absolute Gasteiger partial charge is 0.126 e. The van der Waals surface area contributed by atoms with Crippen molar-refractivity contribution >= 4 is 11.8 Å². The van der Waals surface area contributed by atoms with Gasteiger partial charge in [-0.1, -0.05) is 0 Å². The molecule has 2 N–H and O–H groups in total. The number of halogens is 2. The summed E-state index contributed by atoms with van der Waals surface area (Å²) < 4.78 is 26.0. The van der Waals surface area contributed by atoms with Crippen molar-refractivity contribution in [3.05, 3.63) is 35.4 Å². The molecule has 102 valence electrons. The van der Waals surface area contributed by atoms with E-state index in [1.165, 1.54) is 12.1 Å². The van der Waals surface area contributed by atoms with E-state index < -0.39 is 11.6 Å². The zero-order valence-electron chi connectivity index (χ0n) is 10.5. The summed E-state index contributed by atoms with van der Waals surface area (Å²) in [5.74, 6) is 0.760. The Morgan fingerprint density at radius 1 is 1.22 bits per heavy atom. The molecule has 0 aliphatic heterocycles. The zero-order chi connectivity index (χ0) is 13.4. The second-order valence-corrected chi connectivity index (χ2v) is 5.29. The normalized spacial score (nSPS) is 12.7.